The second-order valence-corrected chi connectivity index (χ2v) is 4.75. The second kappa shape index (κ2) is 7.36. The van der Waals surface area contributed by atoms with E-state index in [1.807, 2.05) is 30.3 Å². The first kappa shape index (κ1) is 13.3. The number of nitrogens with one attached hydrogen (secondary N) is 1. The van der Waals surface area contributed by atoms with Gasteiger partial charge in [0.1, 0.15) is 5.76 Å². The predicted molar refractivity (Wildman–Crippen MR) is 74.2 cm³/mol. The lowest BCUT2D eigenvalue weighted by Gasteiger charge is -2.06. The minimum absolute atomic E-state index is 0.629. The highest BCUT2D eigenvalue weighted by Crippen LogP contribution is 2.16. The maximum atomic E-state index is 5.60. The van der Waals surface area contributed by atoms with Gasteiger partial charge in [-0.2, -0.15) is 0 Å². The molecule has 0 atom stereocenters. The smallest absolute Gasteiger partial charge is 0.117 e. The Hall–Kier alpha value is -1.10. The third-order valence-corrected chi connectivity index (χ3v) is 3.29. The summed E-state index contributed by atoms with van der Waals surface area (Å²) in [6.07, 6.45) is 1.68. The molecule has 1 N–H and O–H groups in total. The quantitative estimate of drug-likeness (QED) is 0.797. The molecule has 0 spiro atoms. The van der Waals surface area contributed by atoms with Gasteiger partial charge in [-0.15, -0.1) is 0 Å². The van der Waals surface area contributed by atoms with E-state index in [9.17, 15) is 0 Å². The minimum atomic E-state index is 0.629. The zero-order chi connectivity index (χ0) is 12.6. The summed E-state index contributed by atoms with van der Waals surface area (Å²) in [5.41, 5.74) is 1.17. The van der Waals surface area contributed by atoms with Crippen LogP contribution in [0.3, 0.4) is 0 Å². The molecular formula is C14H16BrNO2. The van der Waals surface area contributed by atoms with Crippen LogP contribution in [0.2, 0.25) is 0 Å². The largest absolute Gasteiger partial charge is 0.468 e. The van der Waals surface area contributed by atoms with Gasteiger partial charge in [-0.1, -0.05) is 34.1 Å². The summed E-state index contributed by atoms with van der Waals surface area (Å²) >= 11 is 3.50. The molecule has 96 valence electrons. The normalized spacial score (nSPS) is 10.7. The summed E-state index contributed by atoms with van der Waals surface area (Å²) in [7, 11) is 0. The van der Waals surface area contributed by atoms with Crippen LogP contribution in [0.4, 0.5) is 0 Å². The van der Waals surface area contributed by atoms with Gasteiger partial charge in [-0.05, 0) is 23.8 Å². The Kier molecular flexibility index (Phi) is 5.45. The van der Waals surface area contributed by atoms with Crippen LogP contribution in [-0.4, -0.2) is 13.2 Å². The van der Waals surface area contributed by atoms with Gasteiger partial charge in [0, 0.05) is 11.0 Å². The zero-order valence-corrected chi connectivity index (χ0v) is 11.7. The molecule has 0 fully saturated rings. The van der Waals surface area contributed by atoms with Crippen molar-refractivity contribution in [3.8, 4) is 0 Å². The van der Waals surface area contributed by atoms with Gasteiger partial charge in [0.25, 0.3) is 0 Å². The molecule has 0 unspecified atom stereocenters. The number of hydrogen-bond acceptors (Lipinski definition) is 3. The molecule has 0 radical (unpaired) electrons. The van der Waals surface area contributed by atoms with E-state index in [0.717, 1.165) is 23.3 Å². The van der Waals surface area contributed by atoms with Crippen LogP contribution in [0, 0.1) is 0 Å². The highest BCUT2D eigenvalue weighted by atomic mass is 79.9. The topological polar surface area (TPSA) is 34.4 Å². The van der Waals surface area contributed by atoms with E-state index in [0.29, 0.717) is 13.2 Å². The van der Waals surface area contributed by atoms with E-state index < -0.39 is 0 Å². The number of halogens is 1. The van der Waals surface area contributed by atoms with Gasteiger partial charge in [0.05, 0.1) is 26.0 Å². The lowest BCUT2D eigenvalue weighted by molar-refractivity contribution is 0.122. The molecule has 1 heterocycles. The molecule has 0 saturated heterocycles. The van der Waals surface area contributed by atoms with Crippen LogP contribution in [0.25, 0.3) is 0 Å². The summed E-state index contributed by atoms with van der Waals surface area (Å²) in [6.45, 7) is 2.86. The average molecular weight is 310 g/mol. The van der Waals surface area contributed by atoms with Gasteiger partial charge in [0.2, 0.25) is 0 Å². The molecule has 3 nitrogen and oxygen atoms in total. The number of benzene rings is 1. The van der Waals surface area contributed by atoms with E-state index in [4.69, 9.17) is 9.15 Å². The Morgan fingerprint density at radius 1 is 1.17 bits per heavy atom. The van der Waals surface area contributed by atoms with Crippen LogP contribution >= 0.6 is 15.9 Å². The summed E-state index contributed by atoms with van der Waals surface area (Å²) in [4.78, 5) is 0. The molecule has 1 aromatic heterocycles. The Bertz CT molecular complexity index is 457. The lowest BCUT2D eigenvalue weighted by atomic mass is 10.2. The third kappa shape index (κ3) is 4.29. The molecule has 0 amide bonds. The van der Waals surface area contributed by atoms with E-state index >= 15 is 0 Å². The molecule has 0 saturated carbocycles. The molecule has 2 aromatic rings. The molecule has 0 aliphatic rings. The lowest BCUT2D eigenvalue weighted by Crippen LogP contribution is -2.18. The van der Waals surface area contributed by atoms with Crippen molar-refractivity contribution in [2.75, 3.05) is 13.2 Å². The van der Waals surface area contributed by atoms with Crippen LogP contribution in [-0.2, 0) is 17.9 Å². The molecule has 1 aromatic carbocycles. The highest BCUT2D eigenvalue weighted by molar-refractivity contribution is 9.10. The molecule has 2 rings (SSSR count). The first-order chi connectivity index (χ1) is 8.86. The number of hydrogen-bond donors (Lipinski definition) is 1. The Morgan fingerprint density at radius 3 is 2.83 bits per heavy atom. The Balaban J connectivity index is 1.58. The standard InChI is InChI=1S/C14H16BrNO2/c15-14-6-2-1-4-12(14)11-17-9-7-16-10-13-5-3-8-18-13/h1-6,8,16H,7,9-11H2. The van der Waals surface area contributed by atoms with Gasteiger partial charge < -0.3 is 14.5 Å². The SMILES string of the molecule is Brc1ccccc1COCCNCc1ccco1. The van der Waals surface area contributed by atoms with Crippen LogP contribution in [0.15, 0.2) is 51.6 Å². The minimum Gasteiger partial charge on any atom is -0.468 e. The number of ether oxygens (including phenoxy) is 1. The second-order valence-electron chi connectivity index (χ2n) is 3.90. The van der Waals surface area contributed by atoms with E-state index in [1.165, 1.54) is 5.56 Å². The van der Waals surface area contributed by atoms with Crippen molar-refractivity contribution in [2.24, 2.45) is 0 Å². The van der Waals surface area contributed by atoms with Crippen LogP contribution < -0.4 is 5.32 Å². The van der Waals surface area contributed by atoms with Crippen molar-refractivity contribution in [2.45, 2.75) is 13.2 Å². The van der Waals surface area contributed by atoms with Crippen LogP contribution in [0.1, 0.15) is 11.3 Å². The summed E-state index contributed by atoms with van der Waals surface area (Å²) in [5.74, 6) is 0.945. The van der Waals surface area contributed by atoms with Gasteiger partial charge in [0.15, 0.2) is 0 Å². The fourth-order valence-electron chi connectivity index (χ4n) is 1.57. The monoisotopic (exact) mass is 309 g/mol. The third-order valence-electron chi connectivity index (χ3n) is 2.52. The first-order valence-electron chi connectivity index (χ1n) is 5.90. The molecule has 0 aliphatic heterocycles. The zero-order valence-electron chi connectivity index (χ0n) is 10.1. The number of rotatable bonds is 7. The molecule has 0 bridgehead atoms. The van der Waals surface area contributed by atoms with Crippen molar-refractivity contribution in [3.63, 3.8) is 0 Å². The van der Waals surface area contributed by atoms with E-state index in [1.54, 1.807) is 6.26 Å². The number of furan rings is 1. The van der Waals surface area contributed by atoms with Gasteiger partial charge >= 0.3 is 0 Å². The fourth-order valence-corrected chi connectivity index (χ4v) is 1.97. The Labute approximate surface area is 115 Å². The summed E-state index contributed by atoms with van der Waals surface area (Å²) in [5, 5.41) is 3.26. The predicted octanol–water partition coefficient (Wildman–Crippen LogP) is 3.35. The van der Waals surface area contributed by atoms with Gasteiger partial charge in [-0.25, -0.2) is 0 Å². The van der Waals surface area contributed by atoms with E-state index in [-0.39, 0.29) is 0 Å². The summed E-state index contributed by atoms with van der Waals surface area (Å²) < 4.78 is 11.9. The highest BCUT2D eigenvalue weighted by Gasteiger charge is 1.98. The Morgan fingerprint density at radius 2 is 2.06 bits per heavy atom. The van der Waals surface area contributed by atoms with Gasteiger partial charge in [-0.3, -0.25) is 0 Å². The molecule has 18 heavy (non-hydrogen) atoms. The molecule has 4 heteroatoms. The van der Waals surface area contributed by atoms with Crippen LogP contribution in [0.5, 0.6) is 0 Å². The maximum Gasteiger partial charge on any atom is 0.117 e. The molecular weight excluding hydrogens is 294 g/mol. The summed E-state index contributed by atoms with van der Waals surface area (Å²) in [6, 6.07) is 11.9. The fraction of sp³-hybridized carbons (Fsp3) is 0.286. The maximum absolute atomic E-state index is 5.60. The van der Waals surface area contributed by atoms with E-state index in [2.05, 4.69) is 27.3 Å². The van der Waals surface area contributed by atoms with Crippen molar-refractivity contribution in [1.29, 1.82) is 0 Å². The van der Waals surface area contributed by atoms with Crippen molar-refractivity contribution in [1.82, 2.24) is 5.32 Å². The molecule has 0 aliphatic carbocycles. The first-order valence-corrected chi connectivity index (χ1v) is 6.70. The average Bonchev–Trinajstić information content (AvgIpc) is 2.89. The van der Waals surface area contributed by atoms with Crippen molar-refractivity contribution >= 4 is 15.9 Å². The van der Waals surface area contributed by atoms with Crippen molar-refractivity contribution < 1.29 is 9.15 Å². The van der Waals surface area contributed by atoms with Crippen molar-refractivity contribution in [3.05, 3.63) is 58.5 Å².